The smallest absolute Gasteiger partial charge is 0.330 e. The monoisotopic (exact) mass is 486 g/mol. The molecular formula is C24H27ClN4O3S. The highest BCUT2D eigenvalue weighted by Gasteiger charge is 2.24. The molecule has 33 heavy (non-hydrogen) atoms. The van der Waals surface area contributed by atoms with E-state index in [2.05, 4.69) is 4.98 Å². The van der Waals surface area contributed by atoms with Crippen LogP contribution >= 0.6 is 23.4 Å². The Kier molecular flexibility index (Phi) is 8.41. The molecule has 1 heterocycles. The number of aromatic nitrogens is 2. The third kappa shape index (κ3) is 6.09. The average molecular weight is 487 g/mol. The number of benzene rings is 2. The first-order chi connectivity index (χ1) is 15.8. The Morgan fingerprint density at radius 1 is 1.15 bits per heavy atom. The zero-order valence-corrected chi connectivity index (χ0v) is 20.2. The largest absolute Gasteiger partial charge is 0.383 e. The zero-order valence-electron chi connectivity index (χ0n) is 18.6. The molecule has 9 heteroatoms. The number of nitrogens with two attached hydrogens (primary N) is 1. The molecule has 2 aromatic carbocycles. The molecule has 0 aliphatic rings. The summed E-state index contributed by atoms with van der Waals surface area (Å²) in [4.78, 5) is 42.1. The van der Waals surface area contributed by atoms with E-state index in [0.717, 1.165) is 11.1 Å². The van der Waals surface area contributed by atoms with Gasteiger partial charge in [0.15, 0.2) is 5.69 Å². The van der Waals surface area contributed by atoms with E-state index in [0.29, 0.717) is 18.0 Å². The molecule has 0 bridgehead atoms. The maximum Gasteiger partial charge on any atom is 0.330 e. The SMILES string of the molecule is CCCN(C(=O)CSC(C)c1ccc(Cl)cc1)c1c(N)n(Cc2ccccc2)c(=O)[nH]c1=O. The van der Waals surface area contributed by atoms with Crippen molar-refractivity contribution < 1.29 is 4.79 Å². The molecule has 0 aliphatic heterocycles. The number of halogens is 1. The van der Waals surface area contributed by atoms with Crippen LogP contribution in [0, 0.1) is 0 Å². The fourth-order valence-electron chi connectivity index (χ4n) is 3.45. The summed E-state index contributed by atoms with van der Waals surface area (Å²) in [5, 5.41) is 0.707. The predicted octanol–water partition coefficient (Wildman–Crippen LogP) is 4.06. The minimum Gasteiger partial charge on any atom is -0.383 e. The van der Waals surface area contributed by atoms with Crippen LogP contribution in [0.25, 0.3) is 0 Å². The van der Waals surface area contributed by atoms with Gasteiger partial charge in [-0.25, -0.2) is 4.79 Å². The van der Waals surface area contributed by atoms with Gasteiger partial charge in [0.05, 0.1) is 12.3 Å². The number of nitrogens with one attached hydrogen (secondary N) is 1. The Bertz CT molecular complexity index is 1210. The molecule has 174 valence electrons. The van der Waals surface area contributed by atoms with Crippen molar-refractivity contribution in [2.24, 2.45) is 0 Å². The van der Waals surface area contributed by atoms with Crippen molar-refractivity contribution >= 4 is 40.8 Å². The second-order valence-electron chi connectivity index (χ2n) is 7.62. The Balaban J connectivity index is 1.86. The molecule has 1 unspecified atom stereocenters. The summed E-state index contributed by atoms with van der Waals surface area (Å²) >= 11 is 7.41. The van der Waals surface area contributed by atoms with E-state index in [1.807, 2.05) is 68.4 Å². The Hall–Kier alpha value is -2.97. The van der Waals surface area contributed by atoms with Crippen molar-refractivity contribution in [2.45, 2.75) is 32.1 Å². The Morgan fingerprint density at radius 3 is 2.45 bits per heavy atom. The topological polar surface area (TPSA) is 101 Å². The molecule has 0 aliphatic carbocycles. The summed E-state index contributed by atoms with van der Waals surface area (Å²) in [6.07, 6.45) is 0.625. The number of carbonyl (C=O) groups excluding carboxylic acids is 1. The third-order valence-corrected chi connectivity index (χ3v) is 6.65. The standard InChI is InChI=1S/C24H27ClN4O3S/c1-3-13-28(20(30)15-33-16(2)18-9-11-19(25)12-10-18)21-22(26)29(24(32)27-23(21)31)14-17-7-5-4-6-8-17/h4-12,16H,3,13-15,26H2,1-2H3,(H,27,31,32). The van der Waals surface area contributed by atoms with Gasteiger partial charge in [-0.3, -0.25) is 19.1 Å². The molecule has 1 atom stereocenters. The maximum absolute atomic E-state index is 13.2. The first-order valence-corrected chi connectivity index (χ1v) is 12.1. The van der Waals surface area contributed by atoms with Crippen molar-refractivity contribution in [3.8, 4) is 0 Å². The van der Waals surface area contributed by atoms with Crippen molar-refractivity contribution in [3.05, 3.63) is 91.6 Å². The lowest BCUT2D eigenvalue weighted by Gasteiger charge is -2.24. The van der Waals surface area contributed by atoms with E-state index in [1.54, 1.807) is 0 Å². The molecule has 0 saturated carbocycles. The lowest BCUT2D eigenvalue weighted by molar-refractivity contribution is -0.116. The van der Waals surface area contributed by atoms with Crippen molar-refractivity contribution in [1.82, 2.24) is 9.55 Å². The summed E-state index contributed by atoms with van der Waals surface area (Å²) in [6.45, 7) is 4.41. The highest BCUT2D eigenvalue weighted by Crippen LogP contribution is 2.30. The van der Waals surface area contributed by atoms with Gasteiger partial charge in [0.25, 0.3) is 5.56 Å². The summed E-state index contributed by atoms with van der Waals surface area (Å²) in [7, 11) is 0. The normalized spacial score (nSPS) is 11.8. The van der Waals surface area contributed by atoms with E-state index < -0.39 is 11.2 Å². The van der Waals surface area contributed by atoms with E-state index in [4.69, 9.17) is 17.3 Å². The van der Waals surface area contributed by atoms with Crippen LogP contribution in [0.15, 0.2) is 64.2 Å². The van der Waals surface area contributed by atoms with E-state index in [1.165, 1.54) is 21.2 Å². The van der Waals surface area contributed by atoms with Crippen LogP contribution in [0.1, 0.15) is 36.6 Å². The van der Waals surface area contributed by atoms with Crippen LogP contribution in [0.3, 0.4) is 0 Å². The minimum atomic E-state index is -0.667. The molecule has 7 nitrogen and oxygen atoms in total. The number of carbonyl (C=O) groups is 1. The minimum absolute atomic E-state index is 0.0112. The molecule has 3 N–H and O–H groups in total. The highest BCUT2D eigenvalue weighted by atomic mass is 35.5. The van der Waals surface area contributed by atoms with Crippen molar-refractivity contribution in [2.75, 3.05) is 22.9 Å². The number of rotatable bonds is 9. The number of amides is 1. The number of anilines is 2. The van der Waals surface area contributed by atoms with Crippen LogP contribution in [-0.2, 0) is 11.3 Å². The van der Waals surface area contributed by atoms with E-state index in [-0.39, 0.29) is 35.0 Å². The second kappa shape index (κ2) is 11.2. The van der Waals surface area contributed by atoms with E-state index in [9.17, 15) is 14.4 Å². The van der Waals surface area contributed by atoms with Crippen LogP contribution in [0.4, 0.5) is 11.5 Å². The Morgan fingerprint density at radius 2 is 1.82 bits per heavy atom. The first-order valence-electron chi connectivity index (χ1n) is 10.7. The number of hydrogen-bond donors (Lipinski definition) is 2. The maximum atomic E-state index is 13.2. The fourth-order valence-corrected chi connectivity index (χ4v) is 4.47. The molecule has 0 radical (unpaired) electrons. The number of aromatic amines is 1. The average Bonchev–Trinajstić information content (AvgIpc) is 2.80. The van der Waals surface area contributed by atoms with Gasteiger partial charge in [-0.1, -0.05) is 61.0 Å². The van der Waals surface area contributed by atoms with Gasteiger partial charge in [-0.05, 0) is 36.6 Å². The molecule has 0 saturated heterocycles. The molecule has 0 fully saturated rings. The highest BCUT2D eigenvalue weighted by molar-refractivity contribution is 8.00. The summed E-state index contributed by atoms with van der Waals surface area (Å²) in [5.41, 5.74) is 6.93. The Labute approximate surface area is 201 Å². The lowest BCUT2D eigenvalue weighted by atomic mass is 10.2. The summed E-state index contributed by atoms with van der Waals surface area (Å²) in [6, 6.07) is 16.8. The van der Waals surface area contributed by atoms with E-state index >= 15 is 0 Å². The van der Waals surface area contributed by atoms with Gasteiger partial charge in [-0.15, -0.1) is 11.8 Å². The van der Waals surface area contributed by atoms with Crippen molar-refractivity contribution in [1.29, 1.82) is 0 Å². The van der Waals surface area contributed by atoms with Gasteiger partial charge >= 0.3 is 5.69 Å². The molecular weight excluding hydrogens is 460 g/mol. The molecule has 3 aromatic rings. The van der Waals surface area contributed by atoms with Gasteiger partial charge in [0.1, 0.15) is 5.82 Å². The lowest BCUT2D eigenvalue weighted by Crippen LogP contribution is -2.42. The molecule has 1 amide bonds. The van der Waals surface area contributed by atoms with Crippen LogP contribution in [0.2, 0.25) is 5.02 Å². The van der Waals surface area contributed by atoms with Gasteiger partial charge < -0.3 is 10.6 Å². The predicted molar refractivity (Wildman–Crippen MR) is 136 cm³/mol. The number of thioether (sulfide) groups is 1. The quantitative estimate of drug-likeness (QED) is 0.475. The molecule has 3 rings (SSSR count). The first kappa shape index (κ1) is 24.7. The summed E-state index contributed by atoms with van der Waals surface area (Å²) < 4.78 is 1.28. The zero-order chi connectivity index (χ0) is 24.0. The number of nitrogens with zero attached hydrogens (tertiary/aromatic N) is 2. The number of H-pyrrole nitrogens is 1. The third-order valence-electron chi connectivity index (χ3n) is 5.21. The van der Waals surface area contributed by atoms with Gasteiger partial charge in [0.2, 0.25) is 5.91 Å². The number of nitrogen functional groups attached to an aromatic ring is 1. The molecule has 1 aromatic heterocycles. The van der Waals surface area contributed by atoms with Crippen LogP contribution < -0.4 is 21.9 Å². The summed E-state index contributed by atoms with van der Waals surface area (Å²) in [5.74, 6) is -0.115. The van der Waals surface area contributed by atoms with Gasteiger partial charge in [0, 0.05) is 16.8 Å². The molecule has 0 spiro atoms. The fraction of sp³-hybridized carbons (Fsp3) is 0.292. The van der Waals surface area contributed by atoms with Crippen molar-refractivity contribution in [3.63, 3.8) is 0 Å². The van der Waals surface area contributed by atoms with Crippen LogP contribution in [-0.4, -0.2) is 27.8 Å². The second-order valence-corrected chi connectivity index (χ2v) is 9.38. The number of hydrogen-bond acceptors (Lipinski definition) is 5. The van der Waals surface area contributed by atoms with Gasteiger partial charge in [-0.2, -0.15) is 0 Å². The van der Waals surface area contributed by atoms with Crippen LogP contribution in [0.5, 0.6) is 0 Å².